The Kier molecular flexibility index (Phi) is 6.69. The van der Waals surface area contributed by atoms with Gasteiger partial charge >= 0.3 is 0 Å². The fourth-order valence-corrected chi connectivity index (χ4v) is 2.14. The van der Waals surface area contributed by atoms with Gasteiger partial charge in [-0.05, 0) is 30.0 Å². The molecule has 2 aromatic rings. The molecule has 0 aliphatic heterocycles. The highest BCUT2D eigenvalue weighted by atomic mass is 35.5. The maximum Gasteiger partial charge on any atom is 0.225 e. The minimum atomic E-state index is -0.00715. The number of nitrogens with one attached hydrogen (secondary N) is 1. The number of amides is 1. The molecule has 0 saturated carbocycles. The lowest BCUT2D eigenvalue weighted by Crippen LogP contribution is -2.15. The van der Waals surface area contributed by atoms with Crippen LogP contribution in [-0.4, -0.2) is 10.9 Å². The SMILES string of the molecule is CCC(CC(=O)Nc1ccc(N)nc1)c1ccccc1.Cl. The first-order chi connectivity index (χ1) is 9.69. The van der Waals surface area contributed by atoms with Crippen LogP contribution in [0.4, 0.5) is 11.5 Å². The molecule has 2 rings (SSSR count). The lowest BCUT2D eigenvalue weighted by molar-refractivity contribution is -0.116. The van der Waals surface area contributed by atoms with Crippen molar-refractivity contribution in [2.45, 2.75) is 25.7 Å². The molecule has 0 radical (unpaired) electrons. The molecule has 1 unspecified atom stereocenters. The molecule has 0 fully saturated rings. The highest BCUT2D eigenvalue weighted by Gasteiger charge is 2.14. The average molecular weight is 306 g/mol. The predicted molar refractivity (Wildman–Crippen MR) is 88.6 cm³/mol. The van der Waals surface area contributed by atoms with E-state index in [1.807, 2.05) is 18.2 Å². The van der Waals surface area contributed by atoms with Gasteiger partial charge in [0.05, 0.1) is 11.9 Å². The largest absolute Gasteiger partial charge is 0.384 e. The van der Waals surface area contributed by atoms with E-state index in [1.54, 1.807) is 18.3 Å². The van der Waals surface area contributed by atoms with Gasteiger partial charge in [-0.2, -0.15) is 0 Å². The molecule has 1 amide bonds. The van der Waals surface area contributed by atoms with Gasteiger partial charge in [-0.15, -0.1) is 12.4 Å². The second-order valence-electron chi connectivity index (χ2n) is 4.74. The van der Waals surface area contributed by atoms with E-state index >= 15 is 0 Å². The first kappa shape index (κ1) is 17.0. The number of hydrogen-bond acceptors (Lipinski definition) is 3. The summed E-state index contributed by atoms with van der Waals surface area (Å²) in [7, 11) is 0. The van der Waals surface area contributed by atoms with Gasteiger partial charge in [0.25, 0.3) is 0 Å². The molecule has 1 heterocycles. The number of carbonyl (C=O) groups excluding carboxylic acids is 1. The Morgan fingerprint density at radius 1 is 1.24 bits per heavy atom. The van der Waals surface area contributed by atoms with E-state index in [4.69, 9.17) is 5.73 Å². The predicted octanol–water partition coefficient (Wildman–Crippen LogP) is 3.61. The van der Waals surface area contributed by atoms with Gasteiger partial charge in [0.2, 0.25) is 5.91 Å². The third kappa shape index (κ3) is 5.08. The first-order valence-corrected chi connectivity index (χ1v) is 6.75. The van der Waals surface area contributed by atoms with Crippen molar-refractivity contribution in [3.8, 4) is 0 Å². The van der Waals surface area contributed by atoms with Crippen molar-refractivity contribution >= 4 is 29.8 Å². The van der Waals surface area contributed by atoms with Crippen LogP contribution < -0.4 is 11.1 Å². The molecule has 4 nitrogen and oxygen atoms in total. The Bertz CT molecular complexity index is 557. The Labute approximate surface area is 131 Å². The lowest BCUT2D eigenvalue weighted by atomic mass is 9.93. The van der Waals surface area contributed by atoms with E-state index < -0.39 is 0 Å². The zero-order valence-electron chi connectivity index (χ0n) is 12.0. The smallest absolute Gasteiger partial charge is 0.225 e. The summed E-state index contributed by atoms with van der Waals surface area (Å²) in [6.07, 6.45) is 2.96. The van der Waals surface area contributed by atoms with E-state index in [1.165, 1.54) is 5.56 Å². The van der Waals surface area contributed by atoms with E-state index in [2.05, 4.69) is 29.4 Å². The van der Waals surface area contributed by atoms with Crippen molar-refractivity contribution in [3.05, 3.63) is 54.2 Å². The molecule has 1 aromatic carbocycles. The van der Waals surface area contributed by atoms with Crippen molar-refractivity contribution in [2.75, 3.05) is 11.1 Å². The fraction of sp³-hybridized carbons (Fsp3) is 0.250. The highest BCUT2D eigenvalue weighted by Crippen LogP contribution is 2.23. The Hall–Kier alpha value is -2.07. The average Bonchev–Trinajstić information content (AvgIpc) is 2.48. The van der Waals surface area contributed by atoms with Crippen LogP contribution in [0.25, 0.3) is 0 Å². The van der Waals surface area contributed by atoms with E-state index in [0.29, 0.717) is 17.9 Å². The Morgan fingerprint density at radius 2 is 1.95 bits per heavy atom. The molecule has 3 N–H and O–H groups in total. The van der Waals surface area contributed by atoms with Crippen LogP contribution in [0.3, 0.4) is 0 Å². The summed E-state index contributed by atoms with van der Waals surface area (Å²) >= 11 is 0. The number of hydrogen-bond donors (Lipinski definition) is 2. The van der Waals surface area contributed by atoms with Gasteiger partial charge in [0.1, 0.15) is 5.82 Å². The first-order valence-electron chi connectivity index (χ1n) is 6.75. The standard InChI is InChI=1S/C16H19N3O.ClH/c1-2-12(13-6-4-3-5-7-13)10-16(20)19-14-8-9-15(17)18-11-14;/h3-9,11-12H,2,10H2,1H3,(H2,17,18)(H,19,20);1H. The monoisotopic (exact) mass is 305 g/mol. The van der Waals surface area contributed by atoms with Gasteiger partial charge in [0, 0.05) is 6.42 Å². The number of pyridine rings is 1. The number of halogens is 1. The van der Waals surface area contributed by atoms with E-state index in [0.717, 1.165) is 6.42 Å². The summed E-state index contributed by atoms with van der Waals surface area (Å²) in [4.78, 5) is 16.0. The van der Waals surface area contributed by atoms with Gasteiger partial charge in [-0.25, -0.2) is 4.98 Å². The summed E-state index contributed by atoms with van der Waals surface area (Å²) in [6, 6.07) is 13.5. The third-order valence-electron chi connectivity index (χ3n) is 3.27. The van der Waals surface area contributed by atoms with Crippen LogP contribution in [0.15, 0.2) is 48.7 Å². The summed E-state index contributed by atoms with van der Waals surface area (Å²) in [5, 5.41) is 2.85. The van der Waals surface area contributed by atoms with Crippen molar-refractivity contribution in [1.82, 2.24) is 4.98 Å². The molecule has 0 aliphatic carbocycles. The van der Waals surface area contributed by atoms with Crippen LogP contribution >= 0.6 is 12.4 Å². The number of nitrogen functional groups attached to an aromatic ring is 1. The van der Waals surface area contributed by atoms with Crippen molar-refractivity contribution < 1.29 is 4.79 Å². The maximum absolute atomic E-state index is 12.1. The summed E-state index contributed by atoms with van der Waals surface area (Å²) < 4.78 is 0. The number of benzene rings is 1. The molecule has 0 spiro atoms. The van der Waals surface area contributed by atoms with Crippen molar-refractivity contribution in [1.29, 1.82) is 0 Å². The van der Waals surface area contributed by atoms with Gasteiger partial charge in [0.15, 0.2) is 0 Å². The fourth-order valence-electron chi connectivity index (χ4n) is 2.14. The molecule has 5 heteroatoms. The zero-order chi connectivity index (χ0) is 14.4. The number of carbonyl (C=O) groups is 1. The molecule has 0 saturated heterocycles. The van der Waals surface area contributed by atoms with Gasteiger partial charge in [-0.1, -0.05) is 37.3 Å². The van der Waals surface area contributed by atoms with Crippen LogP contribution in [0.5, 0.6) is 0 Å². The van der Waals surface area contributed by atoms with E-state index in [-0.39, 0.29) is 24.2 Å². The Balaban J connectivity index is 0.00000220. The topological polar surface area (TPSA) is 68.0 Å². The lowest BCUT2D eigenvalue weighted by Gasteiger charge is -2.15. The van der Waals surface area contributed by atoms with E-state index in [9.17, 15) is 4.79 Å². The Morgan fingerprint density at radius 3 is 2.52 bits per heavy atom. The second-order valence-corrected chi connectivity index (χ2v) is 4.74. The van der Waals surface area contributed by atoms with Crippen LogP contribution in [0, 0.1) is 0 Å². The normalized spacial score (nSPS) is 11.3. The number of nitrogens with two attached hydrogens (primary N) is 1. The summed E-state index contributed by atoms with van der Waals surface area (Å²) in [6.45, 7) is 2.09. The highest BCUT2D eigenvalue weighted by molar-refractivity contribution is 5.91. The minimum absolute atomic E-state index is 0. The zero-order valence-corrected chi connectivity index (χ0v) is 12.8. The van der Waals surface area contributed by atoms with Crippen molar-refractivity contribution in [3.63, 3.8) is 0 Å². The number of anilines is 2. The minimum Gasteiger partial charge on any atom is -0.384 e. The molecule has 112 valence electrons. The molecule has 1 aromatic heterocycles. The second kappa shape index (κ2) is 8.27. The van der Waals surface area contributed by atoms with Crippen molar-refractivity contribution in [2.24, 2.45) is 0 Å². The van der Waals surface area contributed by atoms with Gasteiger partial charge < -0.3 is 11.1 Å². The summed E-state index contributed by atoms with van der Waals surface area (Å²) in [5.41, 5.74) is 7.38. The number of rotatable bonds is 5. The molecular weight excluding hydrogens is 286 g/mol. The molecule has 1 atom stereocenters. The maximum atomic E-state index is 12.1. The summed E-state index contributed by atoms with van der Waals surface area (Å²) in [5.74, 6) is 0.670. The van der Waals surface area contributed by atoms with Crippen LogP contribution in [0.1, 0.15) is 31.2 Å². The van der Waals surface area contributed by atoms with Crippen LogP contribution in [-0.2, 0) is 4.79 Å². The number of aromatic nitrogens is 1. The molecule has 0 aliphatic rings. The molecule has 21 heavy (non-hydrogen) atoms. The molecule has 0 bridgehead atoms. The number of nitrogens with zero attached hydrogens (tertiary/aromatic N) is 1. The van der Waals surface area contributed by atoms with Crippen LogP contribution in [0.2, 0.25) is 0 Å². The third-order valence-corrected chi connectivity index (χ3v) is 3.27. The van der Waals surface area contributed by atoms with Gasteiger partial charge in [-0.3, -0.25) is 4.79 Å². The quantitative estimate of drug-likeness (QED) is 0.886. The molecular formula is C16H20ClN3O.